The third kappa shape index (κ3) is 2.26. The number of fused-ring (bicyclic) bond motifs is 1. The van der Waals surface area contributed by atoms with Crippen LogP contribution in [0.25, 0.3) is 0 Å². The molecule has 4 heteroatoms. The molecule has 4 nitrogen and oxygen atoms in total. The molecule has 0 radical (unpaired) electrons. The van der Waals surface area contributed by atoms with Crippen molar-refractivity contribution < 1.29 is 4.79 Å². The van der Waals surface area contributed by atoms with Gasteiger partial charge in [-0.15, -0.1) is 0 Å². The van der Waals surface area contributed by atoms with Crippen molar-refractivity contribution >= 4 is 17.3 Å². The highest BCUT2D eigenvalue weighted by Crippen LogP contribution is 2.32. The maximum atomic E-state index is 11.6. The van der Waals surface area contributed by atoms with Gasteiger partial charge in [0.1, 0.15) is 6.04 Å². The van der Waals surface area contributed by atoms with E-state index < -0.39 is 6.04 Å². The van der Waals surface area contributed by atoms with Gasteiger partial charge in [0.2, 0.25) is 5.91 Å². The zero-order valence-corrected chi connectivity index (χ0v) is 11.3. The zero-order valence-electron chi connectivity index (χ0n) is 11.3. The van der Waals surface area contributed by atoms with Crippen molar-refractivity contribution in [3.05, 3.63) is 59.7 Å². The zero-order chi connectivity index (χ0) is 14.1. The molecule has 2 aromatic rings. The van der Waals surface area contributed by atoms with Gasteiger partial charge in [-0.25, -0.2) is 0 Å². The van der Waals surface area contributed by atoms with E-state index in [1.165, 1.54) is 5.56 Å². The number of nitrogens with one attached hydrogen (secondary N) is 1. The van der Waals surface area contributed by atoms with Crippen molar-refractivity contribution in [3.63, 3.8) is 0 Å². The van der Waals surface area contributed by atoms with E-state index in [1.54, 1.807) is 0 Å². The minimum atomic E-state index is -0.543. The van der Waals surface area contributed by atoms with Crippen LogP contribution in [-0.2, 0) is 11.3 Å². The van der Waals surface area contributed by atoms with Crippen LogP contribution in [0.2, 0.25) is 0 Å². The van der Waals surface area contributed by atoms with Gasteiger partial charge >= 0.3 is 0 Å². The predicted octanol–water partition coefficient (Wildman–Crippen LogP) is 2.27. The molecule has 102 valence electrons. The molecule has 3 N–H and O–H groups in total. The SMILES string of the molecule is CN(Cc1ccccc1)c1ccc2c(c1)NC(=O)C2N. The van der Waals surface area contributed by atoms with Gasteiger partial charge in [-0.2, -0.15) is 0 Å². The summed E-state index contributed by atoms with van der Waals surface area (Å²) in [5.41, 5.74) is 9.80. The molecule has 1 aliphatic heterocycles. The first kappa shape index (κ1) is 12.7. The van der Waals surface area contributed by atoms with Crippen LogP contribution in [0.4, 0.5) is 11.4 Å². The summed E-state index contributed by atoms with van der Waals surface area (Å²) in [7, 11) is 2.03. The lowest BCUT2D eigenvalue weighted by atomic mass is 10.1. The summed E-state index contributed by atoms with van der Waals surface area (Å²) >= 11 is 0. The normalized spacial score (nSPS) is 16.7. The summed E-state index contributed by atoms with van der Waals surface area (Å²) in [5, 5.41) is 2.82. The molecular weight excluding hydrogens is 250 g/mol. The van der Waals surface area contributed by atoms with E-state index in [4.69, 9.17) is 5.73 Å². The molecule has 20 heavy (non-hydrogen) atoms. The largest absolute Gasteiger partial charge is 0.370 e. The minimum absolute atomic E-state index is 0.136. The average Bonchev–Trinajstić information content (AvgIpc) is 2.74. The fourth-order valence-electron chi connectivity index (χ4n) is 2.46. The number of nitrogens with zero attached hydrogens (tertiary/aromatic N) is 1. The molecule has 1 amide bonds. The van der Waals surface area contributed by atoms with Crippen molar-refractivity contribution in [2.24, 2.45) is 5.73 Å². The van der Waals surface area contributed by atoms with Crippen LogP contribution in [0.15, 0.2) is 48.5 Å². The van der Waals surface area contributed by atoms with E-state index in [2.05, 4.69) is 22.3 Å². The Hall–Kier alpha value is -2.33. The fourth-order valence-corrected chi connectivity index (χ4v) is 2.46. The lowest BCUT2D eigenvalue weighted by Gasteiger charge is -2.20. The Morgan fingerprint density at radius 3 is 2.70 bits per heavy atom. The first-order chi connectivity index (χ1) is 9.65. The van der Waals surface area contributed by atoms with Gasteiger partial charge in [0.15, 0.2) is 0 Å². The summed E-state index contributed by atoms with van der Waals surface area (Å²) in [5.74, 6) is -0.136. The van der Waals surface area contributed by atoms with Crippen molar-refractivity contribution in [3.8, 4) is 0 Å². The number of rotatable bonds is 3. The van der Waals surface area contributed by atoms with Crippen LogP contribution in [0.3, 0.4) is 0 Å². The smallest absolute Gasteiger partial charge is 0.245 e. The Morgan fingerprint density at radius 1 is 1.20 bits per heavy atom. The molecule has 1 aliphatic rings. The fraction of sp³-hybridized carbons (Fsp3) is 0.188. The van der Waals surface area contributed by atoms with Crippen molar-refractivity contribution in [1.82, 2.24) is 0 Å². The number of nitrogens with two attached hydrogens (primary N) is 1. The quantitative estimate of drug-likeness (QED) is 0.897. The molecule has 0 saturated carbocycles. The molecule has 3 rings (SSSR count). The van der Waals surface area contributed by atoms with Crippen LogP contribution in [0.5, 0.6) is 0 Å². The Kier molecular flexibility index (Phi) is 3.16. The monoisotopic (exact) mass is 267 g/mol. The third-order valence-electron chi connectivity index (χ3n) is 3.62. The molecule has 0 fully saturated rings. The molecule has 1 atom stereocenters. The summed E-state index contributed by atoms with van der Waals surface area (Å²) in [6.45, 7) is 0.819. The number of hydrogen-bond donors (Lipinski definition) is 2. The molecule has 1 unspecified atom stereocenters. The van der Waals surface area contributed by atoms with Crippen LogP contribution in [0.1, 0.15) is 17.2 Å². The van der Waals surface area contributed by atoms with Crippen molar-refractivity contribution in [1.29, 1.82) is 0 Å². The van der Waals surface area contributed by atoms with Gasteiger partial charge < -0.3 is 16.0 Å². The van der Waals surface area contributed by atoms with Crippen LogP contribution >= 0.6 is 0 Å². The number of hydrogen-bond acceptors (Lipinski definition) is 3. The second kappa shape index (κ2) is 4.98. The van der Waals surface area contributed by atoms with Gasteiger partial charge in [-0.05, 0) is 17.7 Å². The molecule has 0 aliphatic carbocycles. The predicted molar refractivity (Wildman–Crippen MR) is 80.5 cm³/mol. The second-order valence-corrected chi connectivity index (χ2v) is 5.08. The summed E-state index contributed by atoms with van der Waals surface area (Å²) in [6.07, 6.45) is 0. The van der Waals surface area contributed by atoms with Crippen LogP contribution < -0.4 is 16.0 Å². The van der Waals surface area contributed by atoms with E-state index >= 15 is 0 Å². The molecule has 0 saturated heterocycles. The van der Waals surface area contributed by atoms with Gasteiger partial charge in [0.25, 0.3) is 0 Å². The van der Waals surface area contributed by atoms with Gasteiger partial charge in [0, 0.05) is 30.5 Å². The average molecular weight is 267 g/mol. The standard InChI is InChI=1S/C16H17N3O/c1-19(10-11-5-3-2-4-6-11)12-7-8-13-14(9-12)18-16(20)15(13)17/h2-9,15H,10,17H2,1H3,(H,18,20). The molecule has 0 aromatic heterocycles. The Balaban J connectivity index is 1.82. The highest BCUT2D eigenvalue weighted by atomic mass is 16.2. The van der Waals surface area contributed by atoms with Crippen LogP contribution in [-0.4, -0.2) is 13.0 Å². The summed E-state index contributed by atoms with van der Waals surface area (Å²) in [6, 6.07) is 15.6. The van der Waals surface area contributed by atoms with Crippen molar-refractivity contribution in [2.75, 3.05) is 17.3 Å². The Morgan fingerprint density at radius 2 is 1.95 bits per heavy atom. The van der Waals surface area contributed by atoms with Gasteiger partial charge in [0.05, 0.1) is 0 Å². The van der Waals surface area contributed by atoms with E-state index in [-0.39, 0.29) is 5.91 Å². The molecule has 0 bridgehead atoms. The number of benzene rings is 2. The first-order valence-corrected chi connectivity index (χ1v) is 6.60. The van der Waals surface area contributed by atoms with E-state index in [0.29, 0.717) is 0 Å². The van der Waals surface area contributed by atoms with E-state index in [9.17, 15) is 4.79 Å². The topological polar surface area (TPSA) is 58.4 Å². The molecule has 0 spiro atoms. The number of amides is 1. The third-order valence-corrected chi connectivity index (χ3v) is 3.62. The molecular formula is C16H17N3O. The maximum Gasteiger partial charge on any atom is 0.245 e. The number of anilines is 2. The van der Waals surface area contributed by atoms with Crippen LogP contribution in [0, 0.1) is 0 Å². The Labute approximate surface area is 118 Å². The number of carbonyl (C=O) groups is 1. The maximum absolute atomic E-state index is 11.6. The lowest BCUT2D eigenvalue weighted by Crippen LogP contribution is -2.19. The highest BCUT2D eigenvalue weighted by molar-refractivity contribution is 6.02. The Bertz CT molecular complexity index is 639. The van der Waals surface area contributed by atoms with E-state index in [1.807, 2.05) is 43.4 Å². The first-order valence-electron chi connectivity index (χ1n) is 6.60. The minimum Gasteiger partial charge on any atom is -0.370 e. The highest BCUT2D eigenvalue weighted by Gasteiger charge is 2.27. The summed E-state index contributed by atoms with van der Waals surface area (Å²) in [4.78, 5) is 13.7. The summed E-state index contributed by atoms with van der Waals surface area (Å²) < 4.78 is 0. The van der Waals surface area contributed by atoms with E-state index in [0.717, 1.165) is 23.5 Å². The molecule has 1 heterocycles. The van der Waals surface area contributed by atoms with Gasteiger partial charge in [-0.1, -0.05) is 36.4 Å². The molecule has 2 aromatic carbocycles. The lowest BCUT2D eigenvalue weighted by molar-refractivity contribution is -0.116. The number of carbonyl (C=O) groups excluding carboxylic acids is 1. The second-order valence-electron chi connectivity index (χ2n) is 5.08. The van der Waals surface area contributed by atoms with Crippen molar-refractivity contribution in [2.45, 2.75) is 12.6 Å². The van der Waals surface area contributed by atoms with Gasteiger partial charge in [-0.3, -0.25) is 4.79 Å².